The summed E-state index contributed by atoms with van der Waals surface area (Å²) in [4.78, 5) is 31.9. The number of hydrogen-bond acceptors (Lipinski definition) is 5. The molecule has 2 aromatic heterocycles. The SMILES string of the molecule is Cc1cc(-c2cc(C(=O)N3CC[C@@H](C(=O)NC4CCC(O)(C(F)(F)F)CC4)CC34CC4)[nH]n2)c(F)cn1. The van der Waals surface area contributed by atoms with Crippen molar-refractivity contribution in [1.29, 1.82) is 0 Å². The quantitative estimate of drug-likeness (QED) is 0.530. The molecule has 3 N–H and O–H groups in total. The Morgan fingerprint density at radius 2 is 1.86 bits per heavy atom. The van der Waals surface area contributed by atoms with Gasteiger partial charge in [-0.2, -0.15) is 18.3 Å². The van der Waals surface area contributed by atoms with Gasteiger partial charge in [0.2, 0.25) is 5.91 Å². The molecular formula is C25H29F4N5O3. The van der Waals surface area contributed by atoms with E-state index in [0.29, 0.717) is 30.8 Å². The molecule has 0 unspecified atom stereocenters. The Hall–Kier alpha value is -3.02. The van der Waals surface area contributed by atoms with Crippen LogP contribution in [0, 0.1) is 18.7 Å². The van der Waals surface area contributed by atoms with Gasteiger partial charge in [-0.05, 0) is 70.4 Å². The number of carbonyl (C=O) groups is 2. The summed E-state index contributed by atoms with van der Waals surface area (Å²) in [7, 11) is 0. The maximum Gasteiger partial charge on any atom is 0.417 e. The van der Waals surface area contributed by atoms with Crippen LogP contribution in [0.25, 0.3) is 11.3 Å². The van der Waals surface area contributed by atoms with E-state index in [1.807, 2.05) is 0 Å². The van der Waals surface area contributed by atoms with E-state index in [2.05, 4.69) is 20.5 Å². The van der Waals surface area contributed by atoms with Gasteiger partial charge in [-0.3, -0.25) is 19.7 Å². The molecule has 200 valence electrons. The van der Waals surface area contributed by atoms with E-state index >= 15 is 0 Å². The Bertz CT molecular complexity index is 1200. The molecule has 1 atom stereocenters. The minimum Gasteiger partial charge on any atom is -0.380 e. The Morgan fingerprint density at radius 3 is 2.51 bits per heavy atom. The highest BCUT2D eigenvalue weighted by atomic mass is 19.4. The molecule has 3 aliphatic rings. The van der Waals surface area contributed by atoms with E-state index in [1.54, 1.807) is 17.9 Å². The number of aromatic amines is 1. The summed E-state index contributed by atoms with van der Waals surface area (Å²) in [5, 5.41) is 19.5. The lowest BCUT2D eigenvalue weighted by molar-refractivity contribution is -0.270. The summed E-state index contributed by atoms with van der Waals surface area (Å²) >= 11 is 0. The van der Waals surface area contributed by atoms with Crippen LogP contribution >= 0.6 is 0 Å². The van der Waals surface area contributed by atoms with Crippen molar-refractivity contribution in [3.63, 3.8) is 0 Å². The highest BCUT2D eigenvalue weighted by molar-refractivity contribution is 5.94. The van der Waals surface area contributed by atoms with Crippen LogP contribution in [0.5, 0.6) is 0 Å². The number of H-pyrrole nitrogens is 1. The molecule has 0 bridgehead atoms. The second kappa shape index (κ2) is 9.07. The predicted octanol–water partition coefficient (Wildman–Crippen LogP) is 3.66. The number of piperidine rings is 1. The predicted molar refractivity (Wildman–Crippen MR) is 124 cm³/mol. The van der Waals surface area contributed by atoms with Crippen molar-refractivity contribution >= 4 is 11.8 Å². The number of halogens is 4. The number of hydrogen-bond donors (Lipinski definition) is 3. The van der Waals surface area contributed by atoms with Gasteiger partial charge < -0.3 is 15.3 Å². The average Bonchev–Trinajstić information content (AvgIpc) is 3.42. The normalized spacial score (nSPS) is 27.2. The van der Waals surface area contributed by atoms with Crippen LogP contribution in [0.1, 0.15) is 67.5 Å². The van der Waals surface area contributed by atoms with Crippen LogP contribution in [-0.2, 0) is 4.79 Å². The van der Waals surface area contributed by atoms with Crippen LogP contribution in [0.3, 0.4) is 0 Å². The van der Waals surface area contributed by atoms with Gasteiger partial charge in [0.1, 0.15) is 5.69 Å². The highest BCUT2D eigenvalue weighted by Gasteiger charge is 2.56. The second-order valence-corrected chi connectivity index (χ2v) is 10.7. The highest BCUT2D eigenvalue weighted by Crippen LogP contribution is 2.50. The van der Waals surface area contributed by atoms with Crippen molar-refractivity contribution in [2.75, 3.05) is 6.54 Å². The number of nitrogens with one attached hydrogen (secondary N) is 2. The maximum absolute atomic E-state index is 14.2. The molecule has 8 nitrogen and oxygen atoms in total. The van der Waals surface area contributed by atoms with E-state index in [-0.39, 0.29) is 41.8 Å². The van der Waals surface area contributed by atoms with Crippen LogP contribution in [0.2, 0.25) is 0 Å². The monoisotopic (exact) mass is 523 g/mol. The molecule has 5 rings (SSSR count). The van der Waals surface area contributed by atoms with E-state index in [9.17, 15) is 32.3 Å². The summed E-state index contributed by atoms with van der Waals surface area (Å²) in [5.41, 5.74) is -1.73. The molecule has 37 heavy (non-hydrogen) atoms. The van der Waals surface area contributed by atoms with Gasteiger partial charge in [0.05, 0.1) is 11.9 Å². The first-order chi connectivity index (χ1) is 17.4. The Morgan fingerprint density at radius 1 is 1.16 bits per heavy atom. The minimum atomic E-state index is -4.68. The van der Waals surface area contributed by atoms with Crippen molar-refractivity contribution in [3.8, 4) is 11.3 Å². The fourth-order valence-electron chi connectivity index (χ4n) is 5.65. The number of aryl methyl sites for hydroxylation is 1. The molecule has 1 saturated heterocycles. The number of amides is 2. The van der Waals surface area contributed by atoms with E-state index in [4.69, 9.17) is 0 Å². The largest absolute Gasteiger partial charge is 0.417 e. The first kappa shape index (κ1) is 25.6. The van der Waals surface area contributed by atoms with Crippen LogP contribution in [0.4, 0.5) is 17.6 Å². The van der Waals surface area contributed by atoms with Crippen molar-refractivity contribution < 1.29 is 32.3 Å². The number of rotatable bonds is 4. The topological polar surface area (TPSA) is 111 Å². The number of carbonyl (C=O) groups excluding carboxylic acids is 2. The fraction of sp³-hybridized carbons (Fsp3) is 0.600. The molecule has 2 amide bonds. The Balaban J connectivity index is 1.20. The number of likely N-dealkylation sites (tertiary alicyclic amines) is 1. The summed E-state index contributed by atoms with van der Waals surface area (Å²) in [6, 6.07) is 2.66. The lowest BCUT2D eigenvalue weighted by Gasteiger charge is -2.41. The third kappa shape index (κ3) is 4.83. The third-order valence-electron chi connectivity index (χ3n) is 8.11. The van der Waals surface area contributed by atoms with Gasteiger partial charge in [0, 0.05) is 35.3 Å². The fourth-order valence-corrected chi connectivity index (χ4v) is 5.65. The van der Waals surface area contributed by atoms with Gasteiger partial charge in [-0.25, -0.2) is 4.39 Å². The molecule has 2 saturated carbocycles. The van der Waals surface area contributed by atoms with Crippen LogP contribution in [-0.4, -0.2) is 66.9 Å². The first-order valence-electron chi connectivity index (χ1n) is 12.5. The first-order valence-corrected chi connectivity index (χ1v) is 12.5. The minimum absolute atomic E-state index is 0.0595. The second-order valence-electron chi connectivity index (χ2n) is 10.7. The Kier molecular flexibility index (Phi) is 6.28. The molecule has 3 heterocycles. The zero-order valence-electron chi connectivity index (χ0n) is 20.4. The van der Waals surface area contributed by atoms with Gasteiger partial charge >= 0.3 is 6.18 Å². The van der Waals surface area contributed by atoms with Gasteiger partial charge in [0.15, 0.2) is 11.4 Å². The molecule has 2 aromatic rings. The number of aliphatic hydroxyl groups is 1. The summed E-state index contributed by atoms with van der Waals surface area (Å²) in [5.74, 6) is -1.36. The van der Waals surface area contributed by atoms with Gasteiger partial charge in [-0.1, -0.05) is 0 Å². The summed E-state index contributed by atoms with van der Waals surface area (Å²) in [6.45, 7) is 2.09. The molecule has 1 aliphatic heterocycles. The number of nitrogens with zero attached hydrogens (tertiary/aromatic N) is 3. The van der Waals surface area contributed by atoms with Crippen LogP contribution < -0.4 is 5.32 Å². The summed E-state index contributed by atoms with van der Waals surface area (Å²) in [6.07, 6.45) is -1.91. The molecular weight excluding hydrogens is 494 g/mol. The van der Waals surface area contributed by atoms with Crippen molar-refractivity contribution in [2.24, 2.45) is 5.92 Å². The zero-order chi connectivity index (χ0) is 26.6. The number of pyridine rings is 1. The smallest absolute Gasteiger partial charge is 0.380 e. The molecule has 12 heteroatoms. The van der Waals surface area contributed by atoms with Gasteiger partial charge in [-0.15, -0.1) is 0 Å². The molecule has 3 fully saturated rings. The van der Waals surface area contributed by atoms with Crippen molar-refractivity contribution in [1.82, 2.24) is 25.4 Å². The average molecular weight is 524 g/mol. The molecule has 0 radical (unpaired) electrons. The number of aromatic nitrogens is 3. The Labute approximate surface area is 210 Å². The number of alkyl halides is 3. The van der Waals surface area contributed by atoms with Gasteiger partial charge in [0.25, 0.3) is 5.91 Å². The zero-order valence-corrected chi connectivity index (χ0v) is 20.4. The molecule has 2 aliphatic carbocycles. The van der Waals surface area contributed by atoms with Crippen LogP contribution in [0.15, 0.2) is 18.3 Å². The lowest BCUT2D eigenvalue weighted by Crippen LogP contribution is -2.54. The lowest BCUT2D eigenvalue weighted by atomic mass is 9.81. The standard InChI is InChI=1S/C25H29F4N5O3/c1-14-10-17(18(26)13-30-14)19-11-20(33-32-19)22(36)34-9-4-15(12-23(34)7-8-23)21(35)31-16-2-5-24(37,6-3-16)25(27,28)29/h10-11,13,15-16,37H,2-9,12H2,1H3,(H,31,35)(H,32,33)/t15-,16?,24?/m1/s1. The maximum atomic E-state index is 14.2. The third-order valence-corrected chi connectivity index (χ3v) is 8.11. The van der Waals surface area contributed by atoms with E-state index in [0.717, 1.165) is 19.0 Å². The van der Waals surface area contributed by atoms with Crippen molar-refractivity contribution in [3.05, 3.63) is 35.5 Å². The van der Waals surface area contributed by atoms with E-state index in [1.165, 1.54) is 6.07 Å². The van der Waals surface area contributed by atoms with E-state index < -0.39 is 42.0 Å². The molecule has 1 spiro atoms. The van der Waals surface area contributed by atoms with Crippen molar-refractivity contribution in [2.45, 2.75) is 81.6 Å². The summed E-state index contributed by atoms with van der Waals surface area (Å²) < 4.78 is 53.4. The molecule has 0 aromatic carbocycles.